The van der Waals surface area contributed by atoms with Crippen molar-refractivity contribution in [1.82, 2.24) is 9.55 Å². The summed E-state index contributed by atoms with van der Waals surface area (Å²) in [7, 11) is 0. The number of hydrogen-bond donors (Lipinski definition) is 1. The summed E-state index contributed by atoms with van der Waals surface area (Å²) >= 11 is 6.13. The van der Waals surface area contributed by atoms with E-state index in [1.54, 1.807) is 0 Å². The van der Waals surface area contributed by atoms with Gasteiger partial charge >= 0.3 is 0 Å². The van der Waals surface area contributed by atoms with Crippen LogP contribution < -0.4 is 5.73 Å². The van der Waals surface area contributed by atoms with Gasteiger partial charge in [-0.1, -0.05) is 29.8 Å². The Kier molecular flexibility index (Phi) is 4.39. The highest BCUT2D eigenvalue weighted by Gasteiger charge is 2.10. The lowest BCUT2D eigenvalue weighted by atomic mass is 10.0. The molecular formula is C14H18ClN3. The molecule has 3 nitrogen and oxygen atoms in total. The monoisotopic (exact) mass is 263 g/mol. The maximum Gasteiger partial charge on any atom is 0.110 e. The Morgan fingerprint density at radius 3 is 2.83 bits per heavy atom. The van der Waals surface area contributed by atoms with Gasteiger partial charge in [0.05, 0.1) is 0 Å². The molecule has 2 aromatic rings. The van der Waals surface area contributed by atoms with Crippen LogP contribution in [0, 0.1) is 0 Å². The highest BCUT2D eigenvalue weighted by molar-refractivity contribution is 6.31. The molecule has 18 heavy (non-hydrogen) atoms. The Morgan fingerprint density at radius 2 is 2.11 bits per heavy atom. The SMILES string of the molecule is CCn1ccnc1CC(N)Cc1ccccc1Cl. The highest BCUT2D eigenvalue weighted by atomic mass is 35.5. The second kappa shape index (κ2) is 6.03. The average molecular weight is 264 g/mol. The molecule has 0 aliphatic rings. The first-order valence-electron chi connectivity index (χ1n) is 6.19. The van der Waals surface area contributed by atoms with Crippen molar-refractivity contribution in [3.63, 3.8) is 0 Å². The molecule has 4 heteroatoms. The maximum atomic E-state index is 6.18. The summed E-state index contributed by atoms with van der Waals surface area (Å²) in [6, 6.07) is 7.88. The molecule has 0 aliphatic heterocycles. The summed E-state index contributed by atoms with van der Waals surface area (Å²) in [5.41, 5.74) is 7.28. The van der Waals surface area contributed by atoms with Gasteiger partial charge in [-0.3, -0.25) is 0 Å². The van der Waals surface area contributed by atoms with Gasteiger partial charge in [-0.2, -0.15) is 0 Å². The first-order chi connectivity index (χ1) is 8.70. The average Bonchev–Trinajstić information content (AvgIpc) is 2.79. The summed E-state index contributed by atoms with van der Waals surface area (Å²) < 4.78 is 2.12. The smallest absolute Gasteiger partial charge is 0.110 e. The zero-order chi connectivity index (χ0) is 13.0. The molecule has 1 aromatic carbocycles. The van der Waals surface area contributed by atoms with E-state index in [0.717, 1.165) is 35.8 Å². The maximum absolute atomic E-state index is 6.18. The molecule has 0 aliphatic carbocycles. The van der Waals surface area contributed by atoms with E-state index in [2.05, 4.69) is 16.5 Å². The van der Waals surface area contributed by atoms with E-state index < -0.39 is 0 Å². The molecule has 2 N–H and O–H groups in total. The molecule has 0 saturated heterocycles. The minimum atomic E-state index is 0.0394. The van der Waals surface area contributed by atoms with Crippen molar-refractivity contribution in [2.45, 2.75) is 32.4 Å². The zero-order valence-corrected chi connectivity index (χ0v) is 11.3. The van der Waals surface area contributed by atoms with Crippen LogP contribution in [0.25, 0.3) is 0 Å². The van der Waals surface area contributed by atoms with Gasteiger partial charge in [0.15, 0.2) is 0 Å². The van der Waals surface area contributed by atoms with Crippen LogP contribution in [0.2, 0.25) is 5.02 Å². The topological polar surface area (TPSA) is 43.8 Å². The summed E-state index contributed by atoms with van der Waals surface area (Å²) in [5, 5.41) is 0.784. The molecule has 0 fully saturated rings. The van der Waals surface area contributed by atoms with E-state index in [9.17, 15) is 0 Å². The summed E-state index contributed by atoms with van der Waals surface area (Å²) in [4.78, 5) is 4.34. The third-order valence-electron chi connectivity index (χ3n) is 3.03. The molecule has 0 bridgehead atoms. The highest BCUT2D eigenvalue weighted by Crippen LogP contribution is 2.17. The molecule has 1 unspecified atom stereocenters. The normalized spacial score (nSPS) is 12.6. The predicted octanol–water partition coefficient (Wildman–Crippen LogP) is 2.67. The first-order valence-corrected chi connectivity index (χ1v) is 6.57. The molecule has 0 radical (unpaired) electrons. The van der Waals surface area contributed by atoms with Crippen LogP contribution in [0.4, 0.5) is 0 Å². The first kappa shape index (κ1) is 13.1. The van der Waals surface area contributed by atoms with Crippen molar-refractivity contribution < 1.29 is 0 Å². The number of aromatic nitrogens is 2. The van der Waals surface area contributed by atoms with E-state index in [-0.39, 0.29) is 6.04 Å². The van der Waals surface area contributed by atoms with Crippen LogP contribution in [-0.4, -0.2) is 15.6 Å². The lowest BCUT2D eigenvalue weighted by molar-refractivity contribution is 0.602. The van der Waals surface area contributed by atoms with Crippen LogP contribution in [0.3, 0.4) is 0 Å². The van der Waals surface area contributed by atoms with Gasteiger partial charge in [-0.25, -0.2) is 4.98 Å². The lowest BCUT2D eigenvalue weighted by Crippen LogP contribution is -2.27. The van der Waals surface area contributed by atoms with Gasteiger partial charge in [0.25, 0.3) is 0 Å². The second-order valence-corrected chi connectivity index (χ2v) is 4.80. The van der Waals surface area contributed by atoms with Crippen LogP contribution in [0.1, 0.15) is 18.3 Å². The molecule has 0 spiro atoms. The predicted molar refractivity (Wildman–Crippen MR) is 74.7 cm³/mol. The van der Waals surface area contributed by atoms with Crippen LogP contribution >= 0.6 is 11.6 Å². The number of hydrogen-bond acceptors (Lipinski definition) is 2. The number of rotatable bonds is 5. The fourth-order valence-corrected chi connectivity index (χ4v) is 2.28. The van der Waals surface area contributed by atoms with Crippen molar-refractivity contribution in [3.05, 3.63) is 53.1 Å². The lowest BCUT2D eigenvalue weighted by Gasteiger charge is -2.13. The van der Waals surface area contributed by atoms with Gasteiger partial charge in [0.1, 0.15) is 5.82 Å². The van der Waals surface area contributed by atoms with E-state index in [1.165, 1.54) is 0 Å². The van der Waals surface area contributed by atoms with E-state index in [4.69, 9.17) is 17.3 Å². The molecule has 0 amide bonds. The Bertz CT molecular complexity index is 507. The van der Waals surface area contributed by atoms with Gasteiger partial charge in [0, 0.05) is 36.4 Å². The standard InChI is InChI=1S/C14H18ClN3/c1-2-18-8-7-17-14(18)10-12(16)9-11-5-3-4-6-13(11)15/h3-8,12H,2,9-10,16H2,1H3. The van der Waals surface area contributed by atoms with E-state index in [1.807, 2.05) is 36.7 Å². The number of nitrogens with zero attached hydrogens (tertiary/aromatic N) is 2. The van der Waals surface area contributed by atoms with Gasteiger partial charge < -0.3 is 10.3 Å². The van der Waals surface area contributed by atoms with Gasteiger partial charge in [-0.15, -0.1) is 0 Å². The van der Waals surface area contributed by atoms with E-state index >= 15 is 0 Å². The minimum Gasteiger partial charge on any atom is -0.335 e. The minimum absolute atomic E-state index is 0.0394. The number of nitrogens with two attached hydrogens (primary N) is 1. The Hall–Kier alpha value is -1.32. The van der Waals surface area contributed by atoms with Crippen LogP contribution in [0.15, 0.2) is 36.7 Å². The quantitative estimate of drug-likeness (QED) is 0.901. The summed E-state index contributed by atoms with van der Waals surface area (Å²) in [6.07, 6.45) is 5.35. The van der Waals surface area contributed by atoms with Crippen molar-refractivity contribution in [1.29, 1.82) is 0 Å². The third kappa shape index (κ3) is 3.12. The molecule has 0 saturated carbocycles. The second-order valence-electron chi connectivity index (χ2n) is 4.39. The molecule has 1 aromatic heterocycles. The molecule has 96 valence electrons. The van der Waals surface area contributed by atoms with Crippen LogP contribution in [0.5, 0.6) is 0 Å². The molecular weight excluding hydrogens is 246 g/mol. The van der Waals surface area contributed by atoms with Crippen molar-refractivity contribution >= 4 is 11.6 Å². The number of benzene rings is 1. The zero-order valence-electron chi connectivity index (χ0n) is 10.5. The number of aryl methyl sites for hydroxylation is 1. The Morgan fingerprint density at radius 1 is 1.33 bits per heavy atom. The van der Waals surface area contributed by atoms with Crippen molar-refractivity contribution in [2.24, 2.45) is 5.73 Å². The summed E-state index contributed by atoms with van der Waals surface area (Å²) in [5.74, 6) is 1.04. The number of imidazole rings is 1. The van der Waals surface area contributed by atoms with E-state index in [0.29, 0.717) is 0 Å². The summed E-state index contributed by atoms with van der Waals surface area (Å²) in [6.45, 7) is 3.03. The number of halogens is 1. The third-order valence-corrected chi connectivity index (χ3v) is 3.40. The van der Waals surface area contributed by atoms with Gasteiger partial charge in [-0.05, 0) is 25.0 Å². The largest absolute Gasteiger partial charge is 0.335 e. The fraction of sp³-hybridized carbons (Fsp3) is 0.357. The molecule has 2 rings (SSSR count). The molecule has 1 atom stereocenters. The van der Waals surface area contributed by atoms with Crippen molar-refractivity contribution in [2.75, 3.05) is 0 Å². The van der Waals surface area contributed by atoms with Gasteiger partial charge in [0.2, 0.25) is 0 Å². The molecule has 1 heterocycles. The van der Waals surface area contributed by atoms with Crippen molar-refractivity contribution in [3.8, 4) is 0 Å². The van der Waals surface area contributed by atoms with Crippen LogP contribution in [-0.2, 0) is 19.4 Å². The Balaban J connectivity index is 2.01. The fourth-order valence-electron chi connectivity index (χ4n) is 2.07. The Labute approximate surface area is 113 Å².